The van der Waals surface area contributed by atoms with Crippen molar-refractivity contribution in [3.63, 3.8) is 0 Å². The molecule has 3 amide bonds. The maximum absolute atomic E-state index is 12.6. The molecule has 0 bridgehead atoms. The van der Waals surface area contributed by atoms with Gasteiger partial charge in [-0.15, -0.1) is 0 Å². The van der Waals surface area contributed by atoms with Gasteiger partial charge in [-0.1, -0.05) is 47.1 Å². The first-order chi connectivity index (χ1) is 13.4. The number of hydrogen-bond acceptors (Lipinski definition) is 4. The molecular formula is C22H37N3O4. The van der Waals surface area contributed by atoms with E-state index in [2.05, 4.69) is 10.6 Å². The van der Waals surface area contributed by atoms with Gasteiger partial charge in [0.2, 0.25) is 17.7 Å². The van der Waals surface area contributed by atoms with Gasteiger partial charge in [0.05, 0.1) is 6.04 Å². The summed E-state index contributed by atoms with van der Waals surface area (Å²) in [6.07, 6.45) is 6.16. The Morgan fingerprint density at radius 1 is 1.07 bits per heavy atom. The third-order valence-corrected chi connectivity index (χ3v) is 4.99. The third-order valence-electron chi connectivity index (χ3n) is 4.99. The normalized spacial score (nSPS) is 16.1. The van der Waals surface area contributed by atoms with Crippen LogP contribution in [0.15, 0.2) is 12.2 Å². The van der Waals surface area contributed by atoms with Gasteiger partial charge in [-0.25, -0.2) is 0 Å². The predicted molar refractivity (Wildman–Crippen MR) is 113 cm³/mol. The second-order valence-electron chi connectivity index (χ2n) is 9.13. The van der Waals surface area contributed by atoms with E-state index in [9.17, 15) is 19.2 Å². The zero-order chi connectivity index (χ0) is 22.2. The van der Waals surface area contributed by atoms with Gasteiger partial charge in [-0.2, -0.15) is 0 Å². The quantitative estimate of drug-likeness (QED) is 0.513. The summed E-state index contributed by atoms with van der Waals surface area (Å²) in [5.41, 5.74) is -0.543. The van der Waals surface area contributed by atoms with E-state index in [0.717, 1.165) is 12.8 Å². The van der Waals surface area contributed by atoms with Crippen LogP contribution in [0.4, 0.5) is 0 Å². The number of carbonyl (C=O) groups is 4. The molecule has 0 fully saturated rings. The first kappa shape index (κ1) is 24.9. The van der Waals surface area contributed by atoms with Crippen LogP contribution in [-0.2, 0) is 19.2 Å². The van der Waals surface area contributed by atoms with E-state index >= 15 is 0 Å². The smallest absolute Gasteiger partial charge is 0.246 e. The molecule has 1 aliphatic heterocycles. The highest BCUT2D eigenvalue weighted by atomic mass is 16.2. The van der Waals surface area contributed by atoms with E-state index in [1.54, 1.807) is 17.9 Å². The first-order valence-corrected chi connectivity index (χ1v) is 10.5. The number of amides is 3. The van der Waals surface area contributed by atoms with E-state index in [1.165, 1.54) is 0 Å². The molecule has 164 valence electrons. The molecule has 2 N–H and O–H groups in total. The van der Waals surface area contributed by atoms with Crippen LogP contribution in [-0.4, -0.2) is 53.6 Å². The molecular weight excluding hydrogens is 370 g/mol. The van der Waals surface area contributed by atoms with Crippen molar-refractivity contribution in [2.75, 3.05) is 13.1 Å². The monoisotopic (exact) mass is 407 g/mol. The Labute approximate surface area is 174 Å². The number of Topliss-reactive ketones (excluding diaryl/α,β-unsaturated/α-hetero) is 1. The van der Waals surface area contributed by atoms with Gasteiger partial charge in [-0.3, -0.25) is 19.2 Å². The summed E-state index contributed by atoms with van der Waals surface area (Å²) in [6.45, 7) is 12.2. The van der Waals surface area contributed by atoms with Crippen molar-refractivity contribution in [2.24, 2.45) is 11.3 Å². The second-order valence-corrected chi connectivity index (χ2v) is 9.13. The molecule has 0 aliphatic carbocycles. The standard InChI is InChI=1S/C22H37N3O4/c1-15(2)19(21(29)23-16(3)20(28)22(4,5)6)24-17(26)11-8-7-9-13-25-14-10-12-18(25)27/h10,12,15-16,19H,7-9,11,13-14H2,1-6H3,(H,23,29)(H,24,26)/t16-,19-/m0/s1. The summed E-state index contributed by atoms with van der Waals surface area (Å²) in [5.74, 6) is -0.602. The molecule has 2 atom stereocenters. The zero-order valence-corrected chi connectivity index (χ0v) is 18.7. The van der Waals surface area contributed by atoms with Crippen molar-refractivity contribution in [3.8, 4) is 0 Å². The zero-order valence-electron chi connectivity index (χ0n) is 18.7. The maximum atomic E-state index is 12.6. The number of hydrogen-bond donors (Lipinski definition) is 2. The molecule has 0 aromatic rings. The average molecular weight is 408 g/mol. The van der Waals surface area contributed by atoms with Crippen LogP contribution in [0.2, 0.25) is 0 Å². The van der Waals surface area contributed by atoms with Crippen molar-refractivity contribution in [3.05, 3.63) is 12.2 Å². The van der Waals surface area contributed by atoms with E-state index in [4.69, 9.17) is 0 Å². The molecule has 0 spiro atoms. The van der Waals surface area contributed by atoms with Crippen LogP contribution in [0.25, 0.3) is 0 Å². The number of nitrogens with zero attached hydrogens (tertiary/aromatic N) is 1. The van der Waals surface area contributed by atoms with Gasteiger partial charge >= 0.3 is 0 Å². The van der Waals surface area contributed by atoms with Crippen molar-refractivity contribution in [2.45, 2.75) is 79.3 Å². The Balaban J connectivity index is 2.39. The van der Waals surface area contributed by atoms with Crippen molar-refractivity contribution >= 4 is 23.5 Å². The lowest BCUT2D eigenvalue weighted by molar-refractivity contribution is -0.134. The predicted octanol–water partition coefficient (Wildman–Crippen LogP) is 2.21. The molecule has 29 heavy (non-hydrogen) atoms. The molecule has 0 saturated carbocycles. The van der Waals surface area contributed by atoms with Crippen LogP contribution in [0, 0.1) is 11.3 Å². The molecule has 1 rings (SSSR count). The fourth-order valence-corrected chi connectivity index (χ4v) is 3.24. The van der Waals surface area contributed by atoms with Crippen LogP contribution < -0.4 is 10.6 Å². The Bertz CT molecular complexity index is 634. The topological polar surface area (TPSA) is 95.6 Å². The molecule has 7 nitrogen and oxygen atoms in total. The fourth-order valence-electron chi connectivity index (χ4n) is 3.24. The molecule has 0 saturated heterocycles. The number of carbonyl (C=O) groups excluding carboxylic acids is 4. The maximum Gasteiger partial charge on any atom is 0.246 e. The lowest BCUT2D eigenvalue weighted by Gasteiger charge is -2.26. The molecule has 0 unspecified atom stereocenters. The SMILES string of the molecule is CC(C)[C@H](NC(=O)CCCCCN1CC=CC1=O)C(=O)N[C@@H](C)C(=O)C(C)(C)C. The highest BCUT2D eigenvalue weighted by Crippen LogP contribution is 2.17. The van der Waals surface area contributed by atoms with Gasteiger partial charge in [0.15, 0.2) is 5.78 Å². The summed E-state index contributed by atoms with van der Waals surface area (Å²) in [5, 5.41) is 5.54. The minimum Gasteiger partial charge on any atom is -0.345 e. The van der Waals surface area contributed by atoms with Crippen molar-refractivity contribution in [1.82, 2.24) is 15.5 Å². The van der Waals surface area contributed by atoms with Gasteiger partial charge in [-0.05, 0) is 25.7 Å². The number of nitrogens with one attached hydrogen (secondary N) is 2. The highest BCUT2D eigenvalue weighted by molar-refractivity contribution is 5.94. The Morgan fingerprint density at radius 2 is 1.72 bits per heavy atom. The average Bonchev–Trinajstić information content (AvgIpc) is 3.02. The summed E-state index contributed by atoms with van der Waals surface area (Å²) in [7, 11) is 0. The Morgan fingerprint density at radius 3 is 2.24 bits per heavy atom. The van der Waals surface area contributed by atoms with Crippen molar-refractivity contribution in [1.29, 1.82) is 0 Å². The van der Waals surface area contributed by atoms with Gasteiger partial charge in [0, 0.05) is 31.0 Å². The number of unbranched alkanes of at least 4 members (excludes halogenated alkanes) is 2. The molecule has 0 aromatic heterocycles. The van der Waals surface area contributed by atoms with Gasteiger partial charge in [0.25, 0.3) is 0 Å². The van der Waals surface area contributed by atoms with E-state index < -0.39 is 17.5 Å². The van der Waals surface area contributed by atoms with Crippen LogP contribution in [0.5, 0.6) is 0 Å². The molecule has 0 radical (unpaired) electrons. The number of rotatable bonds is 11. The second kappa shape index (κ2) is 11.1. The lowest BCUT2D eigenvalue weighted by Crippen LogP contribution is -2.54. The molecule has 7 heteroatoms. The van der Waals surface area contributed by atoms with Gasteiger partial charge in [0.1, 0.15) is 6.04 Å². The van der Waals surface area contributed by atoms with E-state index in [1.807, 2.05) is 40.7 Å². The van der Waals surface area contributed by atoms with E-state index in [0.29, 0.717) is 25.9 Å². The minimum atomic E-state index is -0.675. The Hall–Kier alpha value is -2.18. The molecule has 0 aromatic carbocycles. The number of ketones is 1. The molecule has 1 aliphatic rings. The summed E-state index contributed by atoms with van der Waals surface area (Å²) in [6, 6.07) is -1.28. The van der Waals surface area contributed by atoms with Crippen LogP contribution in [0.1, 0.15) is 67.2 Å². The lowest BCUT2D eigenvalue weighted by atomic mass is 9.87. The van der Waals surface area contributed by atoms with Crippen LogP contribution >= 0.6 is 0 Å². The Kier molecular flexibility index (Phi) is 9.53. The minimum absolute atomic E-state index is 0.0488. The summed E-state index contributed by atoms with van der Waals surface area (Å²) < 4.78 is 0. The van der Waals surface area contributed by atoms with Crippen LogP contribution in [0.3, 0.4) is 0 Å². The fraction of sp³-hybridized carbons (Fsp3) is 0.727. The highest BCUT2D eigenvalue weighted by Gasteiger charge is 2.31. The largest absolute Gasteiger partial charge is 0.345 e. The first-order valence-electron chi connectivity index (χ1n) is 10.5. The summed E-state index contributed by atoms with van der Waals surface area (Å²) in [4.78, 5) is 50.4. The third kappa shape index (κ3) is 8.38. The molecule has 1 heterocycles. The van der Waals surface area contributed by atoms with Crippen molar-refractivity contribution < 1.29 is 19.2 Å². The van der Waals surface area contributed by atoms with Gasteiger partial charge < -0.3 is 15.5 Å². The van der Waals surface area contributed by atoms with E-state index in [-0.39, 0.29) is 29.4 Å². The summed E-state index contributed by atoms with van der Waals surface area (Å²) >= 11 is 0.